The van der Waals surface area contributed by atoms with Crippen LogP contribution < -0.4 is 5.32 Å². The number of nitrogens with one attached hydrogen (secondary N) is 1. The lowest BCUT2D eigenvalue weighted by Crippen LogP contribution is -2.29. The van der Waals surface area contributed by atoms with Crippen molar-refractivity contribution in [3.8, 4) is 0 Å². The molecule has 9 heteroatoms. The molecular formula is C22H18N2O7. The predicted molar refractivity (Wildman–Crippen MR) is 109 cm³/mol. The Morgan fingerprint density at radius 3 is 2.26 bits per heavy atom. The minimum absolute atomic E-state index is 0.0376. The number of anilines is 1. The van der Waals surface area contributed by atoms with E-state index in [4.69, 9.17) is 4.74 Å². The molecule has 1 N–H and O–H groups in total. The average Bonchev–Trinajstić information content (AvgIpc) is 3.02. The van der Waals surface area contributed by atoms with Crippen LogP contribution in [0.4, 0.5) is 5.69 Å². The fourth-order valence-corrected chi connectivity index (χ4v) is 2.93. The molecular weight excluding hydrogens is 404 g/mol. The van der Waals surface area contributed by atoms with E-state index < -0.39 is 36.3 Å². The van der Waals surface area contributed by atoms with Gasteiger partial charge in [0.05, 0.1) is 29.4 Å². The molecule has 31 heavy (non-hydrogen) atoms. The van der Waals surface area contributed by atoms with Gasteiger partial charge in [-0.05, 0) is 42.5 Å². The molecule has 0 aliphatic carbocycles. The monoisotopic (exact) mass is 422 g/mol. The maximum Gasteiger partial charge on any atom is 0.338 e. The molecule has 2 aromatic carbocycles. The van der Waals surface area contributed by atoms with Crippen molar-refractivity contribution in [3.63, 3.8) is 0 Å². The first kappa shape index (κ1) is 21.4. The van der Waals surface area contributed by atoms with Gasteiger partial charge >= 0.3 is 11.9 Å². The highest BCUT2D eigenvalue weighted by molar-refractivity contribution is 6.22. The van der Waals surface area contributed by atoms with E-state index in [9.17, 15) is 24.0 Å². The Kier molecular flexibility index (Phi) is 6.25. The molecule has 9 nitrogen and oxygen atoms in total. The van der Waals surface area contributed by atoms with Gasteiger partial charge in [-0.25, -0.2) is 9.59 Å². The van der Waals surface area contributed by atoms with Crippen molar-refractivity contribution in [1.82, 2.24) is 4.90 Å². The molecule has 2 aromatic rings. The summed E-state index contributed by atoms with van der Waals surface area (Å²) in [7, 11) is 1.26. The first-order chi connectivity index (χ1) is 14.8. The maximum absolute atomic E-state index is 12.3. The highest BCUT2D eigenvalue weighted by atomic mass is 16.5. The van der Waals surface area contributed by atoms with Crippen LogP contribution in [0.2, 0.25) is 0 Å². The number of amides is 3. The van der Waals surface area contributed by atoms with Crippen LogP contribution in [0, 0.1) is 0 Å². The third-order valence-electron chi connectivity index (χ3n) is 4.44. The number of carbonyl (C=O) groups is 5. The zero-order valence-corrected chi connectivity index (χ0v) is 16.5. The lowest BCUT2D eigenvalue weighted by atomic mass is 10.1. The van der Waals surface area contributed by atoms with Gasteiger partial charge in [0.2, 0.25) is 0 Å². The van der Waals surface area contributed by atoms with E-state index >= 15 is 0 Å². The van der Waals surface area contributed by atoms with Gasteiger partial charge in [0.25, 0.3) is 17.7 Å². The zero-order valence-electron chi connectivity index (χ0n) is 16.5. The minimum Gasteiger partial charge on any atom is -0.465 e. The Bertz CT molecular complexity index is 1090. The minimum atomic E-state index is -0.818. The van der Waals surface area contributed by atoms with Crippen molar-refractivity contribution in [3.05, 3.63) is 77.4 Å². The summed E-state index contributed by atoms with van der Waals surface area (Å²) in [4.78, 5) is 61.3. The Balaban J connectivity index is 1.60. The number of carbonyl (C=O) groups excluding carboxylic acids is 5. The van der Waals surface area contributed by atoms with Crippen molar-refractivity contribution in [2.45, 2.75) is 0 Å². The van der Waals surface area contributed by atoms with E-state index in [2.05, 4.69) is 16.6 Å². The summed E-state index contributed by atoms with van der Waals surface area (Å²) in [5.74, 6) is -2.90. The second-order valence-electron chi connectivity index (χ2n) is 6.46. The largest absolute Gasteiger partial charge is 0.465 e. The standard InChI is InChI=1S/C22H18N2O7/c1-3-10-24-19(26)16-9-6-14(11-17(16)20(24)27)22(29)31-12-18(25)23-15-7-4-13(5-8-15)21(28)30-2/h3-9,11H,1,10,12H2,2H3,(H,23,25). The van der Waals surface area contributed by atoms with Gasteiger partial charge in [-0.2, -0.15) is 0 Å². The Hall–Kier alpha value is -4.27. The molecule has 0 bridgehead atoms. The molecule has 0 saturated carbocycles. The highest BCUT2D eigenvalue weighted by Crippen LogP contribution is 2.24. The number of esters is 2. The van der Waals surface area contributed by atoms with Crippen molar-refractivity contribution in [1.29, 1.82) is 0 Å². The van der Waals surface area contributed by atoms with E-state index in [1.807, 2.05) is 0 Å². The fraction of sp³-hybridized carbons (Fsp3) is 0.136. The second kappa shape index (κ2) is 9.04. The fourth-order valence-electron chi connectivity index (χ4n) is 2.93. The number of imide groups is 1. The molecule has 1 aliphatic heterocycles. The number of nitrogens with zero attached hydrogens (tertiary/aromatic N) is 1. The molecule has 0 spiro atoms. The van der Waals surface area contributed by atoms with E-state index in [1.165, 1.54) is 55.7 Å². The summed E-state index contributed by atoms with van der Waals surface area (Å²) in [6, 6.07) is 9.96. The molecule has 0 unspecified atom stereocenters. The van der Waals surface area contributed by atoms with Gasteiger partial charge in [-0.1, -0.05) is 6.08 Å². The third kappa shape index (κ3) is 4.50. The van der Waals surface area contributed by atoms with Crippen LogP contribution in [-0.2, 0) is 14.3 Å². The number of hydrogen-bond acceptors (Lipinski definition) is 7. The summed E-state index contributed by atoms with van der Waals surface area (Å²) < 4.78 is 9.58. The first-order valence-electron chi connectivity index (χ1n) is 9.12. The maximum atomic E-state index is 12.3. The lowest BCUT2D eigenvalue weighted by molar-refractivity contribution is -0.119. The Labute approximate surface area is 177 Å². The van der Waals surface area contributed by atoms with Crippen LogP contribution in [0.5, 0.6) is 0 Å². The van der Waals surface area contributed by atoms with Gasteiger partial charge in [0.1, 0.15) is 0 Å². The molecule has 3 rings (SSSR count). The molecule has 0 atom stereocenters. The van der Waals surface area contributed by atoms with Crippen LogP contribution in [0.3, 0.4) is 0 Å². The number of methoxy groups -OCH3 is 1. The molecule has 0 radical (unpaired) electrons. The molecule has 3 amide bonds. The van der Waals surface area contributed by atoms with Gasteiger partial charge in [0, 0.05) is 12.2 Å². The summed E-state index contributed by atoms with van der Waals surface area (Å²) in [5.41, 5.74) is 1.05. The van der Waals surface area contributed by atoms with E-state index in [1.54, 1.807) is 0 Å². The lowest BCUT2D eigenvalue weighted by Gasteiger charge is -2.09. The molecule has 1 heterocycles. The number of fused-ring (bicyclic) bond motifs is 1. The third-order valence-corrected chi connectivity index (χ3v) is 4.44. The summed E-state index contributed by atoms with van der Waals surface area (Å²) in [6.45, 7) is 3.01. The van der Waals surface area contributed by atoms with Gasteiger partial charge in [-0.3, -0.25) is 19.3 Å². The summed E-state index contributed by atoms with van der Waals surface area (Å²) in [6.07, 6.45) is 1.43. The van der Waals surface area contributed by atoms with Gasteiger partial charge in [0.15, 0.2) is 6.61 Å². The summed E-state index contributed by atoms with van der Waals surface area (Å²) in [5, 5.41) is 2.52. The zero-order chi connectivity index (χ0) is 22.5. The van der Waals surface area contributed by atoms with Crippen LogP contribution in [0.15, 0.2) is 55.1 Å². The molecule has 0 aromatic heterocycles. The second-order valence-corrected chi connectivity index (χ2v) is 6.46. The Morgan fingerprint density at radius 1 is 0.968 bits per heavy atom. The van der Waals surface area contributed by atoms with Crippen molar-refractivity contribution < 1.29 is 33.4 Å². The normalized spacial score (nSPS) is 12.2. The van der Waals surface area contributed by atoms with Crippen LogP contribution in [0.25, 0.3) is 0 Å². The van der Waals surface area contributed by atoms with E-state index in [0.29, 0.717) is 11.3 Å². The topological polar surface area (TPSA) is 119 Å². The van der Waals surface area contributed by atoms with Gasteiger partial charge < -0.3 is 14.8 Å². The van der Waals surface area contributed by atoms with Crippen LogP contribution >= 0.6 is 0 Å². The number of benzene rings is 2. The van der Waals surface area contributed by atoms with Crippen LogP contribution in [0.1, 0.15) is 41.4 Å². The summed E-state index contributed by atoms with van der Waals surface area (Å²) >= 11 is 0. The Morgan fingerprint density at radius 2 is 1.61 bits per heavy atom. The quantitative estimate of drug-likeness (QED) is 0.412. The number of hydrogen-bond donors (Lipinski definition) is 1. The van der Waals surface area contributed by atoms with E-state index in [0.717, 1.165) is 4.90 Å². The van der Waals surface area contributed by atoms with Crippen molar-refractivity contribution in [2.24, 2.45) is 0 Å². The molecule has 0 saturated heterocycles. The highest BCUT2D eigenvalue weighted by Gasteiger charge is 2.35. The van der Waals surface area contributed by atoms with Crippen molar-refractivity contribution in [2.75, 3.05) is 25.6 Å². The number of rotatable bonds is 7. The SMILES string of the molecule is C=CCN1C(=O)c2ccc(C(=O)OCC(=O)Nc3ccc(C(=O)OC)cc3)cc2C1=O. The smallest absolute Gasteiger partial charge is 0.338 e. The van der Waals surface area contributed by atoms with E-state index in [-0.39, 0.29) is 23.2 Å². The molecule has 158 valence electrons. The van der Waals surface area contributed by atoms with Gasteiger partial charge in [-0.15, -0.1) is 6.58 Å². The van der Waals surface area contributed by atoms with Crippen molar-refractivity contribution >= 4 is 35.3 Å². The first-order valence-corrected chi connectivity index (χ1v) is 9.12. The molecule has 1 aliphatic rings. The van der Waals surface area contributed by atoms with Crippen LogP contribution in [-0.4, -0.2) is 54.8 Å². The number of ether oxygens (including phenoxy) is 2. The predicted octanol–water partition coefficient (Wildman–Crippen LogP) is 2.05. The average molecular weight is 422 g/mol. The molecule has 0 fully saturated rings.